The molecule has 1 rings (SSSR count). The Morgan fingerprint density at radius 3 is 2.18 bits per heavy atom. The zero-order valence-corrected chi connectivity index (χ0v) is 7.17. The van der Waals surface area contributed by atoms with Gasteiger partial charge in [0.25, 0.3) is 0 Å². The van der Waals surface area contributed by atoms with E-state index >= 15 is 0 Å². The molecule has 0 bridgehead atoms. The zero-order chi connectivity index (χ0) is 8.53. The standard InChI is InChI=1S/C8H11N.CH5N/c1-9-7-8-5-3-2-4-6-8;1-2/h2-6,9H,7H2,1H3;2H2,1H3. The molecule has 2 heteroatoms. The van der Waals surface area contributed by atoms with Crippen LogP contribution in [0.5, 0.6) is 0 Å². The first kappa shape index (κ1) is 10.1. The van der Waals surface area contributed by atoms with Gasteiger partial charge < -0.3 is 11.1 Å². The van der Waals surface area contributed by atoms with Crippen LogP contribution in [0.25, 0.3) is 0 Å². The van der Waals surface area contributed by atoms with Crippen LogP contribution in [0, 0.1) is 0 Å². The number of nitrogens with two attached hydrogens (primary N) is 1. The molecule has 0 atom stereocenters. The minimum atomic E-state index is 0.959. The molecule has 0 saturated carbocycles. The third kappa shape index (κ3) is 4.53. The van der Waals surface area contributed by atoms with Crippen molar-refractivity contribution in [2.75, 3.05) is 14.1 Å². The Kier molecular flexibility index (Phi) is 6.68. The van der Waals surface area contributed by atoms with Gasteiger partial charge in [-0.25, -0.2) is 0 Å². The van der Waals surface area contributed by atoms with Crippen LogP contribution in [0.4, 0.5) is 0 Å². The Labute approximate surface area is 68.4 Å². The molecule has 0 spiro atoms. The van der Waals surface area contributed by atoms with Crippen molar-refractivity contribution in [3.63, 3.8) is 0 Å². The summed E-state index contributed by atoms with van der Waals surface area (Å²) in [5.41, 5.74) is 5.83. The average molecular weight is 152 g/mol. The average Bonchev–Trinajstić information content (AvgIpc) is 2.11. The number of benzene rings is 1. The summed E-state index contributed by atoms with van der Waals surface area (Å²) in [6.45, 7) is 0.959. The van der Waals surface area contributed by atoms with Crippen molar-refractivity contribution in [3.05, 3.63) is 35.9 Å². The van der Waals surface area contributed by atoms with Crippen LogP contribution in [0.2, 0.25) is 0 Å². The molecule has 3 N–H and O–H groups in total. The molecule has 1 aromatic rings. The predicted octanol–water partition coefficient (Wildman–Crippen LogP) is 0.981. The quantitative estimate of drug-likeness (QED) is 0.663. The maximum Gasteiger partial charge on any atom is 0.0202 e. The van der Waals surface area contributed by atoms with Crippen molar-refractivity contribution in [2.45, 2.75) is 6.54 Å². The summed E-state index contributed by atoms with van der Waals surface area (Å²) in [7, 11) is 3.45. The van der Waals surface area contributed by atoms with Gasteiger partial charge in [0, 0.05) is 6.54 Å². The van der Waals surface area contributed by atoms with Gasteiger partial charge in [-0.3, -0.25) is 0 Å². The van der Waals surface area contributed by atoms with Crippen LogP contribution in [0.1, 0.15) is 5.56 Å². The summed E-state index contributed by atoms with van der Waals surface area (Å²) in [6, 6.07) is 10.3. The van der Waals surface area contributed by atoms with Gasteiger partial charge in [0.1, 0.15) is 0 Å². The van der Waals surface area contributed by atoms with Gasteiger partial charge in [-0.05, 0) is 19.7 Å². The van der Waals surface area contributed by atoms with E-state index in [4.69, 9.17) is 0 Å². The van der Waals surface area contributed by atoms with Crippen molar-refractivity contribution in [3.8, 4) is 0 Å². The fraction of sp³-hybridized carbons (Fsp3) is 0.333. The van der Waals surface area contributed by atoms with E-state index in [0.29, 0.717) is 0 Å². The summed E-state index contributed by atoms with van der Waals surface area (Å²) < 4.78 is 0. The van der Waals surface area contributed by atoms with E-state index in [1.54, 1.807) is 0 Å². The van der Waals surface area contributed by atoms with E-state index in [-0.39, 0.29) is 0 Å². The second kappa shape index (κ2) is 7.25. The summed E-state index contributed by atoms with van der Waals surface area (Å²) >= 11 is 0. The minimum Gasteiger partial charge on any atom is -0.333 e. The topological polar surface area (TPSA) is 38.0 Å². The second-order valence-corrected chi connectivity index (χ2v) is 2.02. The van der Waals surface area contributed by atoms with E-state index in [2.05, 4.69) is 23.2 Å². The lowest BCUT2D eigenvalue weighted by Crippen LogP contribution is -2.04. The van der Waals surface area contributed by atoms with Crippen LogP contribution in [-0.4, -0.2) is 14.1 Å². The number of hydrogen-bond donors (Lipinski definition) is 2. The van der Waals surface area contributed by atoms with Gasteiger partial charge in [0.2, 0.25) is 0 Å². The van der Waals surface area contributed by atoms with Crippen LogP contribution in [-0.2, 0) is 6.54 Å². The first-order valence-corrected chi connectivity index (χ1v) is 3.70. The highest BCUT2D eigenvalue weighted by molar-refractivity contribution is 5.13. The monoisotopic (exact) mass is 152 g/mol. The molecule has 0 aliphatic heterocycles. The molecule has 0 unspecified atom stereocenters. The third-order valence-corrected chi connectivity index (χ3v) is 1.22. The maximum absolute atomic E-state index is 4.50. The van der Waals surface area contributed by atoms with Crippen molar-refractivity contribution >= 4 is 0 Å². The van der Waals surface area contributed by atoms with Crippen molar-refractivity contribution in [1.82, 2.24) is 5.32 Å². The zero-order valence-electron chi connectivity index (χ0n) is 7.17. The highest BCUT2D eigenvalue weighted by atomic mass is 14.8. The molecule has 0 radical (unpaired) electrons. The van der Waals surface area contributed by atoms with Crippen LogP contribution >= 0.6 is 0 Å². The van der Waals surface area contributed by atoms with Crippen LogP contribution < -0.4 is 11.1 Å². The summed E-state index contributed by atoms with van der Waals surface area (Å²) in [4.78, 5) is 0. The lowest BCUT2D eigenvalue weighted by atomic mass is 10.2. The molecule has 0 saturated heterocycles. The van der Waals surface area contributed by atoms with Crippen LogP contribution in [0.15, 0.2) is 30.3 Å². The maximum atomic E-state index is 4.50. The van der Waals surface area contributed by atoms with Gasteiger partial charge in [-0.1, -0.05) is 30.3 Å². The molecule has 1 aromatic carbocycles. The second-order valence-electron chi connectivity index (χ2n) is 2.02. The number of rotatable bonds is 2. The van der Waals surface area contributed by atoms with Crippen molar-refractivity contribution < 1.29 is 0 Å². The smallest absolute Gasteiger partial charge is 0.0202 e. The normalized spacial score (nSPS) is 8.27. The Balaban J connectivity index is 0.000000461. The molecule has 62 valence electrons. The first-order valence-electron chi connectivity index (χ1n) is 3.70. The van der Waals surface area contributed by atoms with E-state index in [9.17, 15) is 0 Å². The fourth-order valence-corrected chi connectivity index (χ4v) is 0.800. The number of nitrogens with one attached hydrogen (secondary N) is 1. The van der Waals surface area contributed by atoms with Gasteiger partial charge in [-0.2, -0.15) is 0 Å². The SMILES string of the molecule is CN.CNCc1ccccc1. The molecule has 0 aromatic heterocycles. The molecule has 11 heavy (non-hydrogen) atoms. The highest BCUT2D eigenvalue weighted by Gasteiger charge is 1.83. The molecule has 0 amide bonds. The lowest BCUT2D eigenvalue weighted by molar-refractivity contribution is 0.818. The van der Waals surface area contributed by atoms with E-state index in [1.165, 1.54) is 12.6 Å². The van der Waals surface area contributed by atoms with Gasteiger partial charge in [0.15, 0.2) is 0 Å². The Morgan fingerprint density at radius 1 is 1.18 bits per heavy atom. The van der Waals surface area contributed by atoms with E-state index in [0.717, 1.165) is 6.54 Å². The van der Waals surface area contributed by atoms with Crippen molar-refractivity contribution in [1.29, 1.82) is 0 Å². The molecule has 0 heterocycles. The molecular weight excluding hydrogens is 136 g/mol. The van der Waals surface area contributed by atoms with E-state index < -0.39 is 0 Å². The predicted molar refractivity (Wildman–Crippen MR) is 49.3 cm³/mol. The molecule has 0 aliphatic carbocycles. The first-order chi connectivity index (χ1) is 5.43. The van der Waals surface area contributed by atoms with Crippen molar-refractivity contribution in [2.24, 2.45) is 5.73 Å². The van der Waals surface area contributed by atoms with Gasteiger partial charge in [0.05, 0.1) is 0 Å². The van der Waals surface area contributed by atoms with Gasteiger partial charge >= 0.3 is 0 Å². The highest BCUT2D eigenvalue weighted by Crippen LogP contribution is 1.95. The molecule has 0 aliphatic rings. The Bertz CT molecular complexity index is 160. The molecule has 0 fully saturated rings. The van der Waals surface area contributed by atoms with Gasteiger partial charge in [-0.15, -0.1) is 0 Å². The summed E-state index contributed by atoms with van der Waals surface area (Å²) in [5, 5.41) is 3.08. The van der Waals surface area contributed by atoms with E-state index in [1.807, 2.05) is 25.2 Å². The Morgan fingerprint density at radius 2 is 1.73 bits per heavy atom. The summed E-state index contributed by atoms with van der Waals surface area (Å²) in [5.74, 6) is 0. The van der Waals surface area contributed by atoms with Crippen LogP contribution in [0.3, 0.4) is 0 Å². The lowest BCUT2D eigenvalue weighted by Gasteiger charge is -1.95. The Hall–Kier alpha value is -0.860. The molecule has 2 nitrogen and oxygen atoms in total. The molecular formula is C9H16N2. The minimum absolute atomic E-state index is 0.959. The number of hydrogen-bond acceptors (Lipinski definition) is 2. The summed E-state index contributed by atoms with van der Waals surface area (Å²) in [6.07, 6.45) is 0. The third-order valence-electron chi connectivity index (χ3n) is 1.22. The largest absolute Gasteiger partial charge is 0.333 e. The fourth-order valence-electron chi connectivity index (χ4n) is 0.800.